The molecular weight excluding hydrogens is 289 g/mol. The van der Waals surface area contributed by atoms with Gasteiger partial charge in [-0.2, -0.15) is 4.79 Å². The standard InChI is InChI=1S/C16H22FNO4/c1-15(2,3)22-14(20)18-16(8-9-21-13(16)10-19)11-6-4-5-7-12(11)17/h4-7,13,19H,8-10H2,1-3H3,(H,18,20)/p+1/t13-,16+/m0/s1. The number of primary amides is 1. The van der Waals surface area contributed by atoms with Gasteiger partial charge in [-0.05, 0) is 32.9 Å². The lowest BCUT2D eigenvalue weighted by molar-refractivity contribution is -0.667. The molecule has 0 saturated carbocycles. The van der Waals surface area contributed by atoms with Gasteiger partial charge in [0.15, 0.2) is 5.54 Å². The van der Waals surface area contributed by atoms with Crippen molar-refractivity contribution < 1.29 is 29.1 Å². The predicted molar refractivity (Wildman–Crippen MR) is 77.7 cm³/mol. The fourth-order valence-electron chi connectivity index (χ4n) is 2.83. The van der Waals surface area contributed by atoms with Crippen molar-refractivity contribution >= 4 is 6.09 Å². The molecule has 0 unspecified atom stereocenters. The number of ether oxygens (including phenoxy) is 2. The molecule has 0 spiro atoms. The van der Waals surface area contributed by atoms with Crippen molar-refractivity contribution in [3.63, 3.8) is 0 Å². The number of amides is 1. The number of aliphatic hydroxyl groups is 1. The topological polar surface area (TPSA) is 72.4 Å². The molecule has 1 saturated heterocycles. The molecule has 2 atom stereocenters. The van der Waals surface area contributed by atoms with Crippen LogP contribution in [0.1, 0.15) is 32.8 Å². The van der Waals surface area contributed by atoms with Crippen LogP contribution in [-0.2, 0) is 15.0 Å². The van der Waals surface area contributed by atoms with Gasteiger partial charge < -0.3 is 14.6 Å². The number of benzene rings is 1. The van der Waals surface area contributed by atoms with E-state index in [1.165, 1.54) is 11.4 Å². The first kappa shape index (κ1) is 16.9. The SMILES string of the molecule is CC(C)(C)OC(=O)[NH2+][C@@]1(c2ccccc2F)CCO[C@H]1CO. The van der Waals surface area contributed by atoms with E-state index in [1.807, 2.05) is 0 Å². The molecule has 1 aromatic rings. The van der Waals surface area contributed by atoms with Gasteiger partial charge in [0, 0.05) is 6.42 Å². The van der Waals surface area contributed by atoms with E-state index in [9.17, 15) is 14.3 Å². The van der Waals surface area contributed by atoms with E-state index in [0.29, 0.717) is 18.6 Å². The number of aliphatic hydroxyl groups excluding tert-OH is 1. The lowest BCUT2D eigenvalue weighted by Crippen LogP contribution is -3.00. The molecule has 1 fully saturated rings. The minimum absolute atomic E-state index is 0.298. The normalized spacial score (nSPS) is 25.2. The summed E-state index contributed by atoms with van der Waals surface area (Å²) in [5.74, 6) is -0.425. The van der Waals surface area contributed by atoms with Gasteiger partial charge in [0.05, 0.1) is 18.8 Å². The Bertz CT molecular complexity index is 543. The monoisotopic (exact) mass is 312 g/mol. The molecule has 2 rings (SSSR count). The second-order valence-corrected chi connectivity index (χ2v) is 6.49. The predicted octanol–water partition coefficient (Wildman–Crippen LogP) is 1.30. The third-order valence-electron chi connectivity index (χ3n) is 3.73. The maximum Gasteiger partial charge on any atom is 0.513 e. The first-order valence-electron chi connectivity index (χ1n) is 7.35. The highest BCUT2D eigenvalue weighted by Gasteiger charge is 2.52. The van der Waals surface area contributed by atoms with Crippen molar-refractivity contribution in [3.05, 3.63) is 35.6 Å². The summed E-state index contributed by atoms with van der Waals surface area (Å²) in [5, 5.41) is 10.9. The Morgan fingerprint density at radius 1 is 1.50 bits per heavy atom. The van der Waals surface area contributed by atoms with Gasteiger partial charge in [-0.1, -0.05) is 12.1 Å². The van der Waals surface area contributed by atoms with E-state index in [4.69, 9.17) is 9.47 Å². The van der Waals surface area contributed by atoms with Gasteiger partial charge in [-0.25, -0.2) is 9.71 Å². The van der Waals surface area contributed by atoms with Crippen LogP contribution in [0, 0.1) is 5.82 Å². The van der Waals surface area contributed by atoms with Gasteiger partial charge in [0.1, 0.15) is 17.5 Å². The lowest BCUT2D eigenvalue weighted by Gasteiger charge is -2.31. The zero-order valence-electron chi connectivity index (χ0n) is 13.1. The minimum atomic E-state index is -1.01. The number of quaternary nitrogens is 1. The van der Waals surface area contributed by atoms with Crippen molar-refractivity contribution in [1.82, 2.24) is 0 Å². The van der Waals surface area contributed by atoms with Crippen LogP contribution in [0.2, 0.25) is 0 Å². The fourth-order valence-corrected chi connectivity index (χ4v) is 2.83. The molecule has 1 aliphatic rings. The van der Waals surface area contributed by atoms with Crippen molar-refractivity contribution in [2.45, 2.75) is 44.4 Å². The third-order valence-corrected chi connectivity index (χ3v) is 3.73. The molecule has 0 bridgehead atoms. The van der Waals surface area contributed by atoms with E-state index < -0.39 is 29.2 Å². The molecule has 22 heavy (non-hydrogen) atoms. The summed E-state index contributed by atoms with van der Waals surface area (Å²) in [7, 11) is 0. The van der Waals surface area contributed by atoms with Crippen LogP contribution in [0.15, 0.2) is 24.3 Å². The summed E-state index contributed by atoms with van der Waals surface area (Å²) in [6.45, 7) is 5.35. The average Bonchev–Trinajstić information content (AvgIpc) is 2.80. The van der Waals surface area contributed by atoms with Crippen molar-refractivity contribution in [1.29, 1.82) is 0 Å². The molecule has 6 heteroatoms. The summed E-state index contributed by atoms with van der Waals surface area (Å²) in [5.41, 5.74) is -1.31. The summed E-state index contributed by atoms with van der Waals surface area (Å²) in [6.07, 6.45) is -0.796. The molecule has 1 amide bonds. The van der Waals surface area contributed by atoms with Crippen LogP contribution in [0.3, 0.4) is 0 Å². The molecule has 1 heterocycles. The van der Waals surface area contributed by atoms with Crippen LogP contribution in [-0.4, -0.2) is 36.1 Å². The number of nitrogens with two attached hydrogens (primary N) is 1. The quantitative estimate of drug-likeness (QED) is 0.882. The molecule has 0 aliphatic carbocycles. The number of carbonyl (C=O) groups is 1. The Balaban J connectivity index is 2.36. The molecule has 0 aromatic heterocycles. The highest BCUT2D eigenvalue weighted by molar-refractivity contribution is 5.57. The number of carbonyl (C=O) groups excluding carboxylic acids is 1. The van der Waals surface area contributed by atoms with E-state index in [2.05, 4.69) is 0 Å². The zero-order valence-corrected chi connectivity index (χ0v) is 13.1. The summed E-state index contributed by atoms with van der Waals surface area (Å²) >= 11 is 0. The van der Waals surface area contributed by atoms with E-state index in [-0.39, 0.29) is 6.61 Å². The van der Waals surface area contributed by atoms with Crippen LogP contribution >= 0.6 is 0 Å². The van der Waals surface area contributed by atoms with E-state index >= 15 is 0 Å². The number of hydrogen-bond donors (Lipinski definition) is 2. The van der Waals surface area contributed by atoms with Gasteiger partial charge in [-0.15, -0.1) is 0 Å². The molecule has 5 nitrogen and oxygen atoms in total. The van der Waals surface area contributed by atoms with Crippen LogP contribution < -0.4 is 5.32 Å². The average molecular weight is 312 g/mol. The highest BCUT2D eigenvalue weighted by atomic mass is 19.1. The molecule has 3 N–H and O–H groups in total. The summed E-state index contributed by atoms with van der Waals surface area (Å²) in [6, 6.07) is 6.25. The Hall–Kier alpha value is -1.50. The summed E-state index contributed by atoms with van der Waals surface area (Å²) in [4.78, 5) is 12.2. The minimum Gasteiger partial charge on any atom is -0.414 e. The number of hydrogen-bond acceptors (Lipinski definition) is 4. The number of rotatable bonds is 3. The first-order valence-corrected chi connectivity index (χ1v) is 7.35. The maximum atomic E-state index is 14.3. The third kappa shape index (κ3) is 3.45. The van der Waals surface area contributed by atoms with Gasteiger partial charge in [0.25, 0.3) is 0 Å². The fraction of sp³-hybridized carbons (Fsp3) is 0.562. The largest absolute Gasteiger partial charge is 0.513 e. The molecule has 1 aliphatic heterocycles. The van der Waals surface area contributed by atoms with Crippen molar-refractivity contribution in [3.8, 4) is 0 Å². The van der Waals surface area contributed by atoms with Crippen molar-refractivity contribution in [2.24, 2.45) is 0 Å². The maximum absolute atomic E-state index is 14.3. The molecule has 0 radical (unpaired) electrons. The summed E-state index contributed by atoms with van der Waals surface area (Å²) < 4.78 is 25.1. The van der Waals surface area contributed by atoms with E-state index in [0.717, 1.165) is 0 Å². The molecular formula is C16H23FNO4+. The van der Waals surface area contributed by atoms with Crippen LogP contribution in [0.25, 0.3) is 0 Å². The second-order valence-electron chi connectivity index (χ2n) is 6.49. The van der Waals surface area contributed by atoms with Gasteiger partial charge in [0.2, 0.25) is 0 Å². The van der Waals surface area contributed by atoms with Gasteiger partial charge >= 0.3 is 6.09 Å². The van der Waals surface area contributed by atoms with Gasteiger partial charge in [-0.3, -0.25) is 0 Å². The Morgan fingerprint density at radius 3 is 2.77 bits per heavy atom. The Labute approximate surface area is 129 Å². The lowest BCUT2D eigenvalue weighted by atomic mass is 9.83. The number of halogens is 1. The smallest absolute Gasteiger partial charge is 0.414 e. The van der Waals surface area contributed by atoms with Crippen molar-refractivity contribution in [2.75, 3.05) is 13.2 Å². The first-order chi connectivity index (χ1) is 10.3. The molecule has 122 valence electrons. The molecule has 1 aromatic carbocycles. The van der Waals surface area contributed by atoms with Crippen LogP contribution in [0.5, 0.6) is 0 Å². The second kappa shape index (κ2) is 6.32. The Kier molecular flexibility index (Phi) is 4.84. The Morgan fingerprint density at radius 2 is 2.18 bits per heavy atom. The zero-order chi connectivity index (χ0) is 16.4. The van der Waals surface area contributed by atoms with E-state index in [1.54, 1.807) is 39.0 Å². The van der Waals surface area contributed by atoms with Crippen LogP contribution in [0.4, 0.5) is 9.18 Å². The highest BCUT2D eigenvalue weighted by Crippen LogP contribution is 2.34.